The molecule has 1 aromatic heterocycles. The molecule has 31 heavy (non-hydrogen) atoms. The van der Waals surface area contributed by atoms with Gasteiger partial charge in [0.1, 0.15) is 5.82 Å². The molecular formula is C23H32N6O2. The largest absolute Gasteiger partial charge is 0.480 e. The summed E-state index contributed by atoms with van der Waals surface area (Å²) < 4.78 is 5.52. The van der Waals surface area contributed by atoms with Gasteiger partial charge in [-0.15, -0.1) is 0 Å². The van der Waals surface area contributed by atoms with Crippen molar-refractivity contribution in [1.29, 1.82) is 0 Å². The molecular weight excluding hydrogens is 392 g/mol. The molecule has 2 aliphatic rings. The van der Waals surface area contributed by atoms with Crippen molar-refractivity contribution < 1.29 is 9.53 Å². The van der Waals surface area contributed by atoms with E-state index in [4.69, 9.17) is 10.5 Å². The van der Waals surface area contributed by atoms with Crippen LogP contribution in [-0.4, -0.2) is 73.2 Å². The lowest BCUT2D eigenvalue weighted by atomic mass is 10.0. The summed E-state index contributed by atoms with van der Waals surface area (Å²) >= 11 is 0. The van der Waals surface area contributed by atoms with E-state index in [0.717, 1.165) is 56.7 Å². The van der Waals surface area contributed by atoms with E-state index in [1.165, 1.54) is 5.56 Å². The monoisotopic (exact) mass is 424 g/mol. The minimum absolute atomic E-state index is 0.133. The highest BCUT2D eigenvalue weighted by atomic mass is 16.5. The maximum Gasteiger partial charge on any atom is 0.323 e. The summed E-state index contributed by atoms with van der Waals surface area (Å²) in [5.41, 5.74) is 9.22. The van der Waals surface area contributed by atoms with Crippen molar-refractivity contribution in [3.05, 3.63) is 42.0 Å². The van der Waals surface area contributed by atoms with E-state index < -0.39 is 0 Å². The van der Waals surface area contributed by atoms with E-state index in [9.17, 15) is 4.79 Å². The number of piperidine rings is 1. The lowest BCUT2D eigenvalue weighted by Gasteiger charge is -2.30. The minimum atomic E-state index is -0.133. The van der Waals surface area contributed by atoms with Crippen LogP contribution in [0.2, 0.25) is 0 Å². The number of nitrogens with zero attached hydrogens (tertiary/aromatic N) is 3. The van der Waals surface area contributed by atoms with Crippen molar-refractivity contribution in [3.63, 3.8) is 0 Å². The smallest absolute Gasteiger partial charge is 0.323 e. The summed E-state index contributed by atoms with van der Waals surface area (Å²) in [5, 5.41) is 6.12. The Morgan fingerprint density at radius 2 is 1.84 bits per heavy atom. The van der Waals surface area contributed by atoms with Crippen LogP contribution in [0.5, 0.6) is 5.88 Å². The molecule has 0 radical (unpaired) electrons. The summed E-state index contributed by atoms with van der Waals surface area (Å²) in [6.45, 7) is 6.06. The maximum atomic E-state index is 12.4. The van der Waals surface area contributed by atoms with Crippen LogP contribution in [-0.2, 0) is 6.54 Å². The average molecular weight is 425 g/mol. The Bertz CT molecular complexity index is 874. The SMILES string of the molecule is COc1nc(NC(=O)N2CCNCC2)ccc1-c1ccc(CN2CCC(N)CC2)cc1. The van der Waals surface area contributed by atoms with Gasteiger partial charge in [0, 0.05) is 44.3 Å². The lowest BCUT2D eigenvalue weighted by molar-refractivity contribution is 0.203. The van der Waals surface area contributed by atoms with E-state index >= 15 is 0 Å². The number of aromatic nitrogens is 1. The predicted octanol–water partition coefficient (Wildman–Crippen LogP) is 2.12. The molecule has 2 amide bonds. The third kappa shape index (κ3) is 5.52. The number of pyridine rings is 1. The molecule has 2 aliphatic heterocycles. The number of urea groups is 1. The fraction of sp³-hybridized carbons (Fsp3) is 0.478. The molecule has 2 fully saturated rings. The summed E-state index contributed by atoms with van der Waals surface area (Å²) in [6.07, 6.45) is 2.14. The molecule has 3 heterocycles. The molecule has 0 spiro atoms. The first-order valence-corrected chi connectivity index (χ1v) is 11.0. The molecule has 8 nitrogen and oxygen atoms in total. The molecule has 2 saturated heterocycles. The highest BCUT2D eigenvalue weighted by molar-refractivity contribution is 5.89. The van der Waals surface area contributed by atoms with Crippen molar-refractivity contribution in [2.75, 3.05) is 51.7 Å². The Morgan fingerprint density at radius 1 is 1.13 bits per heavy atom. The maximum absolute atomic E-state index is 12.4. The van der Waals surface area contributed by atoms with Crippen LogP contribution >= 0.6 is 0 Å². The van der Waals surface area contributed by atoms with Crippen LogP contribution in [0.1, 0.15) is 18.4 Å². The highest BCUT2D eigenvalue weighted by Gasteiger charge is 2.18. The van der Waals surface area contributed by atoms with Gasteiger partial charge in [-0.1, -0.05) is 24.3 Å². The lowest BCUT2D eigenvalue weighted by Crippen LogP contribution is -2.48. The van der Waals surface area contributed by atoms with Crippen molar-refractivity contribution in [3.8, 4) is 17.0 Å². The Labute approximate surface area is 183 Å². The number of benzene rings is 1. The number of nitrogens with one attached hydrogen (secondary N) is 2. The number of carbonyl (C=O) groups is 1. The number of ether oxygens (including phenoxy) is 1. The minimum Gasteiger partial charge on any atom is -0.480 e. The first kappa shape index (κ1) is 21.5. The molecule has 4 N–H and O–H groups in total. The van der Waals surface area contributed by atoms with E-state index in [0.29, 0.717) is 30.8 Å². The second-order valence-corrected chi connectivity index (χ2v) is 8.23. The van der Waals surface area contributed by atoms with Crippen molar-refractivity contribution in [2.24, 2.45) is 5.73 Å². The molecule has 166 valence electrons. The summed E-state index contributed by atoms with van der Waals surface area (Å²) in [6, 6.07) is 12.5. The summed E-state index contributed by atoms with van der Waals surface area (Å²) in [5.74, 6) is 0.986. The quantitative estimate of drug-likeness (QED) is 0.681. The molecule has 4 rings (SSSR count). The van der Waals surface area contributed by atoms with E-state index in [2.05, 4.69) is 44.8 Å². The second kappa shape index (κ2) is 10.1. The van der Waals surface area contributed by atoms with Crippen LogP contribution in [0.3, 0.4) is 0 Å². The topological polar surface area (TPSA) is 95.7 Å². The predicted molar refractivity (Wildman–Crippen MR) is 122 cm³/mol. The first-order chi connectivity index (χ1) is 15.1. The van der Waals surface area contributed by atoms with Gasteiger partial charge in [-0.3, -0.25) is 10.2 Å². The fourth-order valence-electron chi connectivity index (χ4n) is 4.10. The molecule has 0 bridgehead atoms. The average Bonchev–Trinajstić information content (AvgIpc) is 2.81. The van der Waals surface area contributed by atoms with Gasteiger partial charge in [-0.2, -0.15) is 4.98 Å². The van der Waals surface area contributed by atoms with Gasteiger partial charge in [0.25, 0.3) is 0 Å². The molecule has 2 aromatic rings. The van der Waals surface area contributed by atoms with Gasteiger partial charge in [0.2, 0.25) is 5.88 Å². The molecule has 0 aliphatic carbocycles. The van der Waals surface area contributed by atoms with Crippen LogP contribution in [0.25, 0.3) is 11.1 Å². The van der Waals surface area contributed by atoms with Crippen LogP contribution in [0.15, 0.2) is 36.4 Å². The van der Waals surface area contributed by atoms with Crippen LogP contribution in [0, 0.1) is 0 Å². The number of anilines is 1. The number of piperazine rings is 1. The Kier molecular flexibility index (Phi) is 7.01. The van der Waals surface area contributed by atoms with E-state index in [1.54, 1.807) is 12.0 Å². The third-order valence-electron chi connectivity index (χ3n) is 6.00. The normalized spacial score (nSPS) is 18.1. The Hall–Kier alpha value is -2.68. The number of rotatable bonds is 5. The number of carbonyl (C=O) groups excluding carboxylic acids is 1. The number of nitrogens with two attached hydrogens (primary N) is 1. The molecule has 0 unspecified atom stereocenters. The number of amides is 2. The molecule has 0 atom stereocenters. The fourth-order valence-corrected chi connectivity index (χ4v) is 4.10. The van der Waals surface area contributed by atoms with Crippen LogP contribution in [0.4, 0.5) is 10.6 Å². The van der Waals surface area contributed by atoms with E-state index in [1.807, 2.05) is 12.1 Å². The van der Waals surface area contributed by atoms with Gasteiger partial charge in [0.05, 0.1) is 7.11 Å². The zero-order valence-corrected chi connectivity index (χ0v) is 18.1. The van der Waals surface area contributed by atoms with Gasteiger partial charge in [0.15, 0.2) is 0 Å². The zero-order valence-electron chi connectivity index (χ0n) is 18.1. The second-order valence-electron chi connectivity index (χ2n) is 8.23. The Morgan fingerprint density at radius 3 is 2.52 bits per heavy atom. The van der Waals surface area contributed by atoms with E-state index in [-0.39, 0.29) is 6.03 Å². The third-order valence-corrected chi connectivity index (χ3v) is 6.00. The van der Waals surface area contributed by atoms with Gasteiger partial charge in [-0.05, 0) is 49.2 Å². The van der Waals surface area contributed by atoms with Crippen LogP contribution < -0.4 is 21.1 Å². The highest BCUT2D eigenvalue weighted by Crippen LogP contribution is 2.30. The summed E-state index contributed by atoms with van der Waals surface area (Å²) in [4.78, 5) is 21.2. The van der Waals surface area contributed by atoms with Gasteiger partial charge < -0.3 is 20.7 Å². The number of hydrogen-bond acceptors (Lipinski definition) is 6. The van der Waals surface area contributed by atoms with Gasteiger partial charge >= 0.3 is 6.03 Å². The van der Waals surface area contributed by atoms with Crippen molar-refractivity contribution >= 4 is 11.8 Å². The molecule has 8 heteroatoms. The van der Waals surface area contributed by atoms with Gasteiger partial charge in [-0.25, -0.2) is 4.79 Å². The number of methoxy groups -OCH3 is 1. The Balaban J connectivity index is 1.42. The number of likely N-dealkylation sites (tertiary alicyclic amines) is 1. The standard InChI is InChI=1S/C23H32N6O2/c1-31-22-20(6-7-21(26-22)27-23(30)29-14-10-25-11-15-29)18-4-2-17(3-5-18)16-28-12-8-19(24)9-13-28/h2-7,19,25H,8-16,24H2,1H3,(H,26,27,30). The summed E-state index contributed by atoms with van der Waals surface area (Å²) in [7, 11) is 1.60. The zero-order chi connectivity index (χ0) is 21.6. The van der Waals surface area contributed by atoms with Crippen molar-refractivity contribution in [1.82, 2.24) is 20.1 Å². The first-order valence-electron chi connectivity index (χ1n) is 11.0. The van der Waals surface area contributed by atoms with Crippen molar-refractivity contribution in [2.45, 2.75) is 25.4 Å². The number of hydrogen-bond donors (Lipinski definition) is 3. The molecule has 0 saturated carbocycles. The molecule has 1 aromatic carbocycles.